The van der Waals surface area contributed by atoms with Gasteiger partial charge in [-0.3, -0.25) is 0 Å². The molecule has 1 atom stereocenters. The lowest BCUT2D eigenvalue weighted by Crippen LogP contribution is -2.46. The van der Waals surface area contributed by atoms with Crippen LogP contribution in [0.4, 0.5) is 4.79 Å². The number of sulfonamides is 1. The fraction of sp³-hybridized carbons (Fsp3) is 0.636. The molecule has 0 saturated carbocycles. The van der Waals surface area contributed by atoms with E-state index in [0.29, 0.717) is 0 Å². The molecule has 1 aliphatic heterocycles. The van der Waals surface area contributed by atoms with E-state index in [1.54, 1.807) is 20.8 Å². The van der Waals surface area contributed by atoms with Gasteiger partial charge in [-0.2, -0.15) is 5.10 Å². The van der Waals surface area contributed by atoms with Crippen LogP contribution < -0.4 is 15.2 Å². The Kier molecular flexibility index (Phi) is 3.85. The Balaban J connectivity index is 2.04. The van der Waals surface area contributed by atoms with Crippen LogP contribution in [-0.4, -0.2) is 42.5 Å². The highest BCUT2D eigenvalue weighted by Crippen LogP contribution is 2.25. The molecule has 2 heterocycles. The third kappa shape index (κ3) is 3.85. The minimum absolute atomic E-state index is 0.0831. The van der Waals surface area contributed by atoms with Crippen LogP contribution in [0.1, 0.15) is 20.8 Å². The van der Waals surface area contributed by atoms with Crippen molar-refractivity contribution < 1.29 is 22.7 Å². The van der Waals surface area contributed by atoms with E-state index in [-0.39, 0.29) is 30.0 Å². The van der Waals surface area contributed by atoms with Crippen molar-refractivity contribution in [2.24, 2.45) is 5.14 Å². The summed E-state index contributed by atoms with van der Waals surface area (Å²) in [7, 11) is -3.89. The number of alkyl carbamates (subject to hydrolysis) is 1. The molecule has 0 aliphatic carbocycles. The number of carbonyl (C=O) groups excluding carboxylic acids is 1. The number of rotatable bonds is 2. The number of carbonyl (C=O) groups is 1. The highest BCUT2D eigenvalue weighted by atomic mass is 32.2. The van der Waals surface area contributed by atoms with Crippen molar-refractivity contribution in [3.05, 3.63) is 6.20 Å². The SMILES string of the molecule is CC(C)(C)OC(=O)NC1COc2c(S(N)(=O)=O)cnn2C1. The summed E-state index contributed by atoms with van der Waals surface area (Å²) in [5, 5.41) is 11.6. The summed E-state index contributed by atoms with van der Waals surface area (Å²) in [4.78, 5) is 11.5. The van der Waals surface area contributed by atoms with Crippen LogP contribution in [0, 0.1) is 0 Å². The van der Waals surface area contributed by atoms with Crippen LogP contribution in [0.15, 0.2) is 11.1 Å². The Bertz CT molecular complexity index is 646. The van der Waals surface area contributed by atoms with Gasteiger partial charge in [0.1, 0.15) is 12.2 Å². The van der Waals surface area contributed by atoms with Gasteiger partial charge < -0.3 is 14.8 Å². The number of ether oxygens (including phenoxy) is 2. The number of hydrogen-bond acceptors (Lipinski definition) is 6. The van der Waals surface area contributed by atoms with E-state index >= 15 is 0 Å². The first-order chi connectivity index (χ1) is 9.56. The molecule has 9 nitrogen and oxygen atoms in total. The van der Waals surface area contributed by atoms with E-state index in [1.807, 2.05) is 0 Å². The lowest BCUT2D eigenvalue weighted by atomic mass is 10.2. The Morgan fingerprint density at radius 2 is 2.24 bits per heavy atom. The molecule has 118 valence electrons. The number of nitrogens with zero attached hydrogens (tertiary/aromatic N) is 2. The molecule has 1 aromatic rings. The third-order valence-electron chi connectivity index (χ3n) is 2.60. The first-order valence-electron chi connectivity index (χ1n) is 6.27. The first-order valence-corrected chi connectivity index (χ1v) is 7.82. The Hall–Kier alpha value is -1.81. The Morgan fingerprint density at radius 1 is 1.57 bits per heavy atom. The van der Waals surface area contributed by atoms with E-state index in [1.165, 1.54) is 4.68 Å². The number of primary sulfonamides is 1. The van der Waals surface area contributed by atoms with Crippen molar-refractivity contribution >= 4 is 16.1 Å². The smallest absolute Gasteiger partial charge is 0.408 e. The quantitative estimate of drug-likeness (QED) is 0.779. The molecule has 2 rings (SSSR count). The van der Waals surface area contributed by atoms with Crippen LogP contribution in [-0.2, 0) is 21.3 Å². The number of fused-ring (bicyclic) bond motifs is 1. The van der Waals surface area contributed by atoms with Crippen molar-refractivity contribution in [2.45, 2.75) is 43.9 Å². The average Bonchev–Trinajstić information content (AvgIpc) is 2.68. The second-order valence-corrected chi connectivity index (χ2v) is 7.23. The monoisotopic (exact) mass is 318 g/mol. The maximum absolute atomic E-state index is 11.7. The summed E-state index contributed by atoms with van der Waals surface area (Å²) >= 11 is 0. The number of hydrogen-bond donors (Lipinski definition) is 2. The number of nitrogens with two attached hydrogens (primary N) is 1. The van der Waals surface area contributed by atoms with Crippen molar-refractivity contribution in [2.75, 3.05) is 6.61 Å². The van der Waals surface area contributed by atoms with Crippen molar-refractivity contribution in [1.82, 2.24) is 15.1 Å². The largest absolute Gasteiger partial charge is 0.475 e. The van der Waals surface area contributed by atoms with E-state index in [0.717, 1.165) is 6.20 Å². The molecule has 0 radical (unpaired) electrons. The molecule has 0 fully saturated rings. The zero-order valence-corrected chi connectivity index (χ0v) is 12.8. The zero-order chi connectivity index (χ0) is 15.8. The summed E-state index contributed by atoms with van der Waals surface area (Å²) in [5.74, 6) is 0.0831. The summed E-state index contributed by atoms with van der Waals surface area (Å²) in [5.41, 5.74) is -0.600. The van der Waals surface area contributed by atoms with Crippen LogP contribution in [0.2, 0.25) is 0 Å². The molecule has 0 bridgehead atoms. The maximum atomic E-state index is 11.7. The van der Waals surface area contributed by atoms with Gasteiger partial charge in [0, 0.05) is 0 Å². The van der Waals surface area contributed by atoms with Gasteiger partial charge in [0.15, 0.2) is 4.90 Å². The fourth-order valence-electron chi connectivity index (χ4n) is 1.83. The van der Waals surface area contributed by atoms with Crippen molar-refractivity contribution in [3.63, 3.8) is 0 Å². The summed E-state index contributed by atoms with van der Waals surface area (Å²) in [6, 6.07) is -0.374. The van der Waals surface area contributed by atoms with Gasteiger partial charge in [-0.1, -0.05) is 0 Å². The maximum Gasteiger partial charge on any atom is 0.408 e. The van der Waals surface area contributed by atoms with Crippen LogP contribution in [0.5, 0.6) is 5.88 Å². The van der Waals surface area contributed by atoms with E-state index in [2.05, 4.69) is 10.4 Å². The predicted octanol–water partition coefficient (Wildman–Crippen LogP) is -0.184. The molecule has 1 aliphatic rings. The summed E-state index contributed by atoms with van der Waals surface area (Å²) < 4.78 is 34.5. The topological polar surface area (TPSA) is 126 Å². The molecule has 1 unspecified atom stereocenters. The molecule has 0 spiro atoms. The lowest BCUT2D eigenvalue weighted by Gasteiger charge is -2.27. The molecular weight excluding hydrogens is 300 g/mol. The molecule has 21 heavy (non-hydrogen) atoms. The van der Waals surface area contributed by atoms with Crippen LogP contribution in [0.25, 0.3) is 0 Å². The highest BCUT2D eigenvalue weighted by molar-refractivity contribution is 7.89. The molecule has 1 amide bonds. The number of amides is 1. The third-order valence-corrected chi connectivity index (χ3v) is 3.49. The lowest BCUT2D eigenvalue weighted by molar-refractivity contribution is 0.0459. The summed E-state index contributed by atoms with van der Waals surface area (Å²) in [6.45, 7) is 5.65. The molecular formula is C11H18N4O5S. The summed E-state index contributed by atoms with van der Waals surface area (Å²) in [6.07, 6.45) is 0.555. The standard InChI is InChI=1S/C11H18N4O5S/c1-11(2,3)20-10(16)14-7-5-15-9(19-6-7)8(4-13-15)21(12,17)18/h4,7H,5-6H2,1-3H3,(H,14,16)(H2,12,17,18). The van der Waals surface area contributed by atoms with Gasteiger partial charge in [-0.25, -0.2) is 23.0 Å². The van der Waals surface area contributed by atoms with Gasteiger partial charge in [0.05, 0.1) is 18.8 Å². The molecule has 0 aromatic carbocycles. The van der Waals surface area contributed by atoms with E-state index < -0.39 is 21.7 Å². The normalized spacial score (nSPS) is 18.6. The first kappa shape index (κ1) is 15.6. The van der Waals surface area contributed by atoms with Gasteiger partial charge in [0.2, 0.25) is 15.9 Å². The van der Waals surface area contributed by atoms with Crippen LogP contribution in [0.3, 0.4) is 0 Å². The Morgan fingerprint density at radius 3 is 2.81 bits per heavy atom. The number of nitrogens with one attached hydrogen (secondary N) is 1. The van der Waals surface area contributed by atoms with Gasteiger partial charge in [0.25, 0.3) is 0 Å². The van der Waals surface area contributed by atoms with Crippen LogP contribution >= 0.6 is 0 Å². The highest BCUT2D eigenvalue weighted by Gasteiger charge is 2.29. The molecule has 10 heteroatoms. The minimum atomic E-state index is -3.89. The van der Waals surface area contributed by atoms with Crippen molar-refractivity contribution in [3.8, 4) is 5.88 Å². The van der Waals surface area contributed by atoms with Gasteiger partial charge in [-0.15, -0.1) is 0 Å². The fourth-order valence-corrected chi connectivity index (χ4v) is 2.43. The van der Waals surface area contributed by atoms with E-state index in [4.69, 9.17) is 14.6 Å². The predicted molar refractivity (Wildman–Crippen MR) is 72.3 cm³/mol. The Labute approximate surface area is 122 Å². The molecule has 3 N–H and O–H groups in total. The van der Waals surface area contributed by atoms with E-state index in [9.17, 15) is 13.2 Å². The zero-order valence-electron chi connectivity index (χ0n) is 12.0. The molecule has 0 saturated heterocycles. The second-order valence-electron chi connectivity index (χ2n) is 5.70. The second kappa shape index (κ2) is 5.19. The molecule has 1 aromatic heterocycles. The average molecular weight is 318 g/mol. The number of aromatic nitrogens is 2. The van der Waals surface area contributed by atoms with Crippen molar-refractivity contribution in [1.29, 1.82) is 0 Å². The minimum Gasteiger partial charge on any atom is -0.475 e. The van der Waals surface area contributed by atoms with Gasteiger partial charge in [-0.05, 0) is 20.8 Å². The van der Waals surface area contributed by atoms with Gasteiger partial charge >= 0.3 is 6.09 Å².